The lowest BCUT2D eigenvalue weighted by atomic mass is 10.1. The highest BCUT2D eigenvalue weighted by Crippen LogP contribution is 2.42. The Labute approximate surface area is 185 Å². The van der Waals surface area contributed by atoms with Crippen LogP contribution in [0.25, 0.3) is 22.3 Å². The summed E-state index contributed by atoms with van der Waals surface area (Å²) in [6.07, 6.45) is 4.26. The quantitative estimate of drug-likeness (QED) is 0.403. The molecule has 4 aromatic rings. The molecule has 0 radical (unpaired) electrons. The van der Waals surface area contributed by atoms with Crippen LogP contribution in [0.3, 0.4) is 0 Å². The first-order chi connectivity index (χ1) is 15.2. The van der Waals surface area contributed by atoms with Gasteiger partial charge in [-0.05, 0) is 31.4 Å². The number of aromatic nitrogens is 4. The minimum absolute atomic E-state index is 0.121. The van der Waals surface area contributed by atoms with Gasteiger partial charge in [-0.1, -0.05) is 60.3 Å². The topological polar surface area (TPSA) is 66.8 Å². The normalized spacial score (nSPS) is 13.6. The van der Waals surface area contributed by atoms with Gasteiger partial charge in [0.05, 0.1) is 5.75 Å². The Morgan fingerprint density at radius 2 is 1.90 bits per heavy atom. The molecule has 1 amide bonds. The van der Waals surface area contributed by atoms with Crippen molar-refractivity contribution in [3.05, 3.63) is 66.4 Å². The van der Waals surface area contributed by atoms with Crippen molar-refractivity contribution in [3.63, 3.8) is 0 Å². The number of amides is 1. The molecular formula is C24H25N5OS. The molecule has 1 aliphatic carbocycles. The second kappa shape index (κ2) is 8.59. The third-order valence-corrected chi connectivity index (χ3v) is 6.61. The molecule has 2 aromatic carbocycles. The number of rotatable bonds is 8. The summed E-state index contributed by atoms with van der Waals surface area (Å²) in [6, 6.07) is 18.8. The second-order valence-corrected chi connectivity index (χ2v) is 8.78. The van der Waals surface area contributed by atoms with Crippen molar-refractivity contribution in [3.8, 4) is 11.4 Å². The number of hydrogen-bond acceptors (Lipinski definition) is 4. The van der Waals surface area contributed by atoms with E-state index in [1.165, 1.54) is 11.8 Å². The number of fused-ring (bicyclic) bond motifs is 1. The molecule has 2 heterocycles. The lowest BCUT2D eigenvalue weighted by Gasteiger charge is -2.20. The van der Waals surface area contributed by atoms with Crippen LogP contribution in [0.5, 0.6) is 0 Å². The molecule has 2 aromatic heterocycles. The summed E-state index contributed by atoms with van der Waals surface area (Å²) in [7, 11) is 0. The molecule has 0 spiro atoms. The highest BCUT2D eigenvalue weighted by atomic mass is 32.2. The van der Waals surface area contributed by atoms with Crippen molar-refractivity contribution in [2.24, 2.45) is 0 Å². The van der Waals surface area contributed by atoms with Gasteiger partial charge in [-0.15, -0.1) is 10.2 Å². The number of benzene rings is 2. The van der Waals surface area contributed by atoms with Crippen molar-refractivity contribution in [2.45, 2.75) is 37.5 Å². The molecule has 5 rings (SSSR count). The van der Waals surface area contributed by atoms with Gasteiger partial charge in [0.25, 0.3) is 0 Å². The van der Waals surface area contributed by atoms with E-state index in [0.29, 0.717) is 24.9 Å². The first-order valence-electron chi connectivity index (χ1n) is 10.7. The highest BCUT2D eigenvalue weighted by Gasteiger charge is 2.31. The fraction of sp³-hybridized carbons (Fsp3) is 0.292. The molecule has 1 saturated carbocycles. The Morgan fingerprint density at radius 3 is 2.68 bits per heavy atom. The first kappa shape index (κ1) is 19.9. The van der Waals surface area contributed by atoms with E-state index < -0.39 is 0 Å². The van der Waals surface area contributed by atoms with E-state index in [1.54, 1.807) is 0 Å². The fourth-order valence-electron chi connectivity index (χ4n) is 3.88. The average molecular weight is 432 g/mol. The summed E-state index contributed by atoms with van der Waals surface area (Å²) in [6.45, 7) is 3.34. The number of para-hydroxylation sites is 1. The van der Waals surface area contributed by atoms with Gasteiger partial charge in [0.1, 0.15) is 0 Å². The molecule has 1 aliphatic rings. The minimum Gasteiger partial charge on any atom is -0.360 e. The summed E-state index contributed by atoms with van der Waals surface area (Å²) in [4.78, 5) is 18.1. The van der Waals surface area contributed by atoms with E-state index in [9.17, 15) is 4.79 Å². The number of aromatic amines is 1. The summed E-state index contributed by atoms with van der Waals surface area (Å²) >= 11 is 1.49. The van der Waals surface area contributed by atoms with E-state index in [2.05, 4.69) is 44.0 Å². The number of nitrogens with zero attached hydrogens (tertiary/aromatic N) is 4. The van der Waals surface area contributed by atoms with Gasteiger partial charge < -0.3 is 9.88 Å². The predicted octanol–water partition coefficient (Wildman–Crippen LogP) is 4.90. The van der Waals surface area contributed by atoms with Gasteiger partial charge in [-0.2, -0.15) is 0 Å². The zero-order valence-electron chi connectivity index (χ0n) is 17.5. The largest absolute Gasteiger partial charge is 0.360 e. The minimum atomic E-state index is 0.121. The van der Waals surface area contributed by atoms with E-state index >= 15 is 0 Å². The summed E-state index contributed by atoms with van der Waals surface area (Å²) in [5, 5.41) is 11.0. The summed E-state index contributed by atoms with van der Waals surface area (Å²) in [5.41, 5.74) is 3.30. The number of carbonyl (C=O) groups is 1. The maximum absolute atomic E-state index is 12.9. The smallest absolute Gasteiger partial charge is 0.233 e. The number of H-pyrrole nitrogens is 1. The molecule has 0 saturated heterocycles. The van der Waals surface area contributed by atoms with Gasteiger partial charge in [0.15, 0.2) is 11.0 Å². The fourth-order valence-corrected chi connectivity index (χ4v) is 4.78. The summed E-state index contributed by atoms with van der Waals surface area (Å²) in [5.74, 6) is 1.36. The van der Waals surface area contributed by atoms with Gasteiger partial charge in [-0.25, -0.2) is 0 Å². The lowest BCUT2D eigenvalue weighted by Crippen LogP contribution is -2.31. The van der Waals surface area contributed by atoms with Crippen LogP contribution >= 0.6 is 11.8 Å². The van der Waals surface area contributed by atoms with Gasteiger partial charge in [0.2, 0.25) is 5.91 Å². The maximum Gasteiger partial charge on any atom is 0.233 e. The van der Waals surface area contributed by atoms with Crippen molar-refractivity contribution in [1.29, 1.82) is 0 Å². The second-order valence-electron chi connectivity index (χ2n) is 7.84. The van der Waals surface area contributed by atoms with Crippen LogP contribution in [-0.4, -0.2) is 42.9 Å². The van der Waals surface area contributed by atoms with Crippen LogP contribution in [0.1, 0.15) is 31.4 Å². The standard InChI is InChI=1S/C24H25N5OS/c1-2-28(15-17-8-4-3-5-9-17)22(30)16-31-24-27-26-23(29(24)18-12-13-18)20-14-25-21-11-7-6-10-19(20)21/h3-11,14,18,25H,2,12-13,15-16H2,1H3. The molecule has 0 atom stereocenters. The van der Waals surface area contributed by atoms with Crippen LogP contribution in [0.2, 0.25) is 0 Å². The van der Waals surface area contributed by atoms with Gasteiger partial charge in [0, 0.05) is 41.8 Å². The number of hydrogen-bond donors (Lipinski definition) is 1. The Kier molecular flexibility index (Phi) is 5.51. The molecular weight excluding hydrogens is 406 g/mol. The Balaban J connectivity index is 1.35. The number of thioether (sulfide) groups is 1. The van der Waals surface area contributed by atoms with E-state index in [-0.39, 0.29) is 5.91 Å². The SMILES string of the molecule is CCN(Cc1ccccc1)C(=O)CSc1nnc(-c2c[nH]c3ccccc23)n1C1CC1. The monoisotopic (exact) mass is 431 g/mol. The van der Waals surface area contributed by atoms with E-state index in [4.69, 9.17) is 0 Å². The van der Waals surface area contributed by atoms with Gasteiger partial charge in [-0.3, -0.25) is 9.36 Å². The third-order valence-electron chi connectivity index (χ3n) is 5.68. The Bertz CT molecular complexity index is 1200. The van der Waals surface area contributed by atoms with Crippen LogP contribution in [-0.2, 0) is 11.3 Å². The average Bonchev–Trinajstić information content (AvgIpc) is 3.42. The van der Waals surface area contributed by atoms with E-state index in [0.717, 1.165) is 45.9 Å². The van der Waals surface area contributed by atoms with Crippen molar-refractivity contribution in [1.82, 2.24) is 24.6 Å². The number of carbonyl (C=O) groups excluding carboxylic acids is 1. The molecule has 7 heteroatoms. The molecule has 0 unspecified atom stereocenters. The van der Waals surface area contributed by atoms with Crippen LogP contribution < -0.4 is 0 Å². The predicted molar refractivity (Wildman–Crippen MR) is 124 cm³/mol. The van der Waals surface area contributed by atoms with Gasteiger partial charge >= 0.3 is 0 Å². The summed E-state index contributed by atoms with van der Waals surface area (Å²) < 4.78 is 2.22. The highest BCUT2D eigenvalue weighted by molar-refractivity contribution is 7.99. The van der Waals surface area contributed by atoms with Crippen LogP contribution in [0, 0.1) is 0 Å². The molecule has 0 aliphatic heterocycles. The molecule has 31 heavy (non-hydrogen) atoms. The molecule has 0 bridgehead atoms. The van der Waals surface area contributed by atoms with Crippen LogP contribution in [0.15, 0.2) is 66.0 Å². The van der Waals surface area contributed by atoms with Crippen molar-refractivity contribution < 1.29 is 4.79 Å². The third kappa shape index (κ3) is 4.10. The molecule has 158 valence electrons. The Morgan fingerprint density at radius 1 is 1.13 bits per heavy atom. The maximum atomic E-state index is 12.9. The number of nitrogens with one attached hydrogen (secondary N) is 1. The molecule has 1 fully saturated rings. The van der Waals surface area contributed by atoms with Crippen molar-refractivity contribution in [2.75, 3.05) is 12.3 Å². The molecule has 6 nitrogen and oxygen atoms in total. The zero-order chi connectivity index (χ0) is 21.2. The van der Waals surface area contributed by atoms with Crippen molar-refractivity contribution >= 4 is 28.6 Å². The zero-order valence-corrected chi connectivity index (χ0v) is 18.3. The Hall–Kier alpha value is -3.06. The first-order valence-corrected chi connectivity index (χ1v) is 11.7. The van der Waals surface area contributed by atoms with E-state index in [1.807, 2.05) is 48.4 Å². The lowest BCUT2D eigenvalue weighted by molar-refractivity contribution is -0.128. The van der Waals surface area contributed by atoms with Crippen LogP contribution in [0.4, 0.5) is 0 Å². The molecule has 1 N–H and O–H groups in total.